The molecule has 45 heavy (non-hydrogen) atoms. The van der Waals surface area contributed by atoms with Crippen LogP contribution >= 0.6 is 23.2 Å². The molecule has 3 aromatic carbocycles. The topological polar surface area (TPSA) is 101 Å². The van der Waals surface area contributed by atoms with Gasteiger partial charge in [0.2, 0.25) is 0 Å². The van der Waals surface area contributed by atoms with Gasteiger partial charge < -0.3 is 14.7 Å². The Bertz CT molecular complexity index is 1660. The second-order valence-corrected chi connectivity index (χ2v) is 14.9. The third-order valence-corrected chi connectivity index (χ3v) is 11.0. The average molecular weight is 673 g/mol. The third kappa shape index (κ3) is 7.99. The fourth-order valence-electron chi connectivity index (χ4n) is 5.71. The van der Waals surface area contributed by atoms with Crippen LogP contribution in [0.15, 0.2) is 84.0 Å². The fraction of sp³-hybridized carbons (Fsp3) is 0.394. The van der Waals surface area contributed by atoms with Crippen LogP contribution in [0.25, 0.3) is 0 Å². The second-order valence-electron chi connectivity index (χ2n) is 11.9. The maximum atomic E-state index is 14.2. The highest BCUT2D eigenvalue weighted by Gasteiger charge is 2.41. The van der Waals surface area contributed by atoms with Crippen LogP contribution in [0, 0.1) is 6.92 Å². The van der Waals surface area contributed by atoms with Crippen LogP contribution in [0.5, 0.6) is 5.75 Å². The molecule has 12 heteroatoms. The molecule has 0 bridgehead atoms. The molecule has 2 atom stereocenters. The number of sulfone groups is 1. The summed E-state index contributed by atoms with van der Waals surface area (Å²) in [7, 11) is -3.98. The quantitative estimate of drug-likeness (QED) is 0.207. The Morgan fingerprint density at radius 3 is 2.27 bits per heavy atom. The van der Waals surface area contributed by atoms with Crippen LogP contribution in [0.2, 0.25) is 10.0 Å². The first-order chi connectivity index (χ1) is 21.4. The smallest absolute Gasteiger partial charge is 0.184 e. The Labute approximate surface area is 275 Å². The van der Waals surface area contributed by atoms with Gasteiger partial charge in [0.1, 0.15) is 23.2 Å². The first kappa shape index (κ1) is 33.2. The Balaban J connectivity index is 1.42. The number of hydrogen-bond donors (Lipinski definition) is 1. The molecule has 0 spiro atoms. The molecule has 1 N–H and O–H groups in total. The van der Waals surface area contributed by atoms with Crippen LogP contribution in [0.4, 0.5) is 5.69 Å². The minimum absolute atomic E-state index is 0.0902. The molecule has 1 saturated heterocycles. The van der Waals surface area contributed by atoms with Gasteiger partial charge in [-0.3, -0.25) is 4.90 Å². The zero-order valence-corrected chi connectivity index (χ0v) is 28.0. The third-order valence-electron chi connectivity index (χ3n) is 8.36. The van der Waals surface area contributed by atoms with Crippen molar-refractivity contribution in [3.8, 4) is 5.75 Å². The van der Waals surface area contributed by atoms with Gasteiger partial charge in [0.15, 0.2) is 9.84 Å². The highest BCUT2D eigenvalue weighted by molar-refractivity contribution is 7.92. The van der Waals surface area contributed by atoms with Crippen LogP contribution in [-0.4, -0.2) is 77.5 Å². The lowest BCUT2D eigenvalue weighted by Gasteiger charge is -2.38. The van der Waals surface area contributed by atoms with Gasteiger partial charge in [0.25, 0.3) is 0 Å². The molecule has 1 fully saturated rings. The molecular weight excluding hydrogens is 633 g/mol. The number of rotatable bonds is 12. The molecule has 1 aliphatic rings. The van der Waals surface area contributed by atoms with Crippen molar-refractivity contribution in [2.24, 2.45) is 0 Å². The molecule has 0 aliphatic carbocycles. The van der Waals surface area contributed by atoms with Crippen molar-refractivity contribution in [2.75, 3.05) is 37.7 Å². The first-order valence-corrected chi connectivity index (χ1v) is 17.3. The average Bonchev–Trinajstić information content (AvgIpc) is 3.52. The monoisotopic (exact) mass is 671 g/mol. The van der Waals surface area contributed by atoms with Gasteiger partial charge in [0, 0.05) is 66.1 Å². The number of halogens is 2. The Morgan fingerprint density at radius 2 is 1.67 bits per heavy atom. The van der Waals surface area contributed by atoms with Crippen molar-refractivity contribution in [1.29, 1.82) is 0 Å². The van der Waals surface area contributed by atoms with Crippen molar-refractivity contribution in [1.82, 2.24) is 19.9 Å². The summed E-state index contributed by atoms with van der Waals surface area (Å²) in [4.78, 5) is 4.94. The van der Waals surface area contributed by atoms with E-state index in [1.54, 1.807) is 42.6 Å². The number of hydrogen-bond acceptors (Lipinski definition) is 8. The van der Waals surface area contributed by atoms with Gasteiger partial charge in [-0.25, -0.2) is 13.1 Å². The molecule has 0 amide bonds. The maximum absolute atomic E-state index is 14.2. The number of aromatic nitrogens is 3. The van der Waals surface area contributed by atoms with Crippen LogP contribution in [0.1, 0.15) is 31.4 Å². The number of ether oxygens (including phenoxy) is 1. The Hall–Kier alpha value is -3.15. The lowest BCUT2D eigenvalue weighted by atomic mass is 9.88. The Kier molecular flexibility index (Phi) is 10.4. The van der Waals surface area contributed by atoms with E-state index in [9.17, 15) is 13.5 Å². The van der Waals surface area contributed by atoms with Gasteiger partial charge in [-0.15, -0.1) is 5.10 Å². The van der Waals surface area contributed by atoms with E-state index >= 15 is 0 Å². The largest absolute Gasteiger partial charge is 0.492 e. The maximum Gasteiger partial charge on any atom is 0.184 e. The summed E-state index contributed by atoms with van der Waals surface area (Å²) in [6.45, 7) is 9.92. The normalized spacial score (nSPS) is 16.5. The summed E-state index contributed by atoms with van der Waals surface area (Å²) in [5, 5.41) is 19.6. The van der Waals surface area contributed by atoms with E-state index in [1.807, 2.05) is 31.2 Å². The molecule has 0 saturated carbocycles. The highest BCUT2D eigenvalue weighted by atomic mass is 35.5. The summed E-state index contributed by atoms with van der Waals surface area (Å²) in [5.74, 6) is 0.535. The number of aryl methyl sites for hydroxylation is 1. The van der Waals surface area contributed by atoms with Crippen LogP contribution < -0.4 is 9.64 Å². The summed E-state index contributed by atoms with van der Waals surface area (Å²) < 4.78 is 35.9. The van der Waals surface area contributed by atoms with E-state index < -0.39 is 20.7 Å². The van der Waals surface area contributed by atoms with Crippen molar-refractivity contribution in [3.05, 3.63) is 100 Å². The predicted molar refractivity (Wildman–Crippen MR) is 178 cm³/mol. The highest BCUT2D eigenvalue weighted by Crippen LogP contribution is 2.38. The van der Waals surface area contributed by atoms with Crippen LogP contribution in [-0.2, 0) is 22.0 Å². The first-order valence-electron chi connectivity index (χ1n) is 15.0. The van der Waals surface area contributed by atoms with Crippen molar-refractivity contribution in [3.63, 3.8) is 0 Å². The molecule has 2 unspecified atom stereocenters. The molecule has 5 rings (SSSR count). The van der Waals surface area contributed by atoms with E-state index in [-0.39, 0.29) is 29.5 Å². The minimum Gasteiger partial charge on any atom is -0.492 e. The van der Waals surface area contributed by atoms with Gasteiger partial charge in [-0.05, 0) is 69.3 Å². The van der Waals surface area contributed by atoms with Gasteiger partial charge >= 0.3 is 0 Å². The fourth-order valence-corrected chi connectivity index (χ4v) is 7.93. The molecule has 4 aromatic rings. The predicted octanol–water partition coefficient (Wildman–Crippen LogP) is 5.62. The zero-order chi connectivity index (χ0) is 32.2. The number of benzene rings is 3. The molecule has 240 valence electrons. The van der Waals surface area contributed by atoms with Gasteiger partial charge in [0.05, 0.1) is 17.6 Å². The number of anilines is 1. The lowest BCUT2D eigenvalue weighted by Crippen LogP contribution is -2.48. The van der Waals surface area contributed by atoms with Crippen molar-refractivity contribution < 1.29 is 18.3 Å². The summed E-state index contributed by atoms with van der Waals surface area (Å²) in [6.07, 6.45) is 2.85. The van der Waals surface area contributed by atoms with E-state index in [0.717, 1.165) is 37.4 Å². The molecule has 0 radical (unpaired) electrons. The van der Waals surface area contributed by atoms with Gasteiger partial charge in [-0.1, -0.05) is 52.2 Å². The van der Waals surface area contributed by atoms with Crippen molar-refractivity contribution >= 4 is 38.7 Å². The molecule has 9 nitrogen and oxygen atoms in total. The Morgan fingerprint density at radius 1 is 0.978 bits per heavy atom. The van der Waals surface area contributed by atoms with E-state index in [4.69, 9.17) is 27.9 Å². The standard InChI is InChI=1S/C33H39Cl2N5O4S/c1-24(2)38-16-18-39(19-17-38)27-7-9-28(10-8-27)44-22-30(45(42,43)29-11-4-25(3)5-12-29)21-33(41,23-40-15-14-36-37-40)31-13-6-26(34)20-32(31)35/h4-15,20,24,30,41H,16-19,21-23H2,1-3H3. The number of aliphatic hydroxyl groups is 1. The van der Waals surface area contributed by atoms with Crippen LogP contribution in [0.3, 0.4) is 0 Å². The lowest BCUT2D eigenvalue weighted by molar-refractivity contribution is 0.00215. The summed E-state index contributed by atoms with van der Waals surface area (Å²) in [6, 6.07) is 19.6. The second kappa shape index (κ2) is 14.1. The molecular formula is C33H39Cl2N5O4S. The zero-order valence-electron chi connectivity index (χ0n) is 25.7. The number of piperazine rings is 1. The molecule has 1 aliphatic heterocycles. The van der Waals surface area contributed by atoms with Crippen molar-refractivity contribution in [2.45, 2.75) is 55.5 Å². The van der Waals surface area contributed by atoms with Gasteiger partial charge in [-0.2, -0.15) is 0 Å². The summed E-state index contributed by atoms with van der Waals surface area (Å²) >= 11 is 12.7. The SMILES string of the molecule is Cc1ccc(S(=O)(=O)C(COc2ccc(N3CCN(C(C)C)CC3)cc2)CC(O)(Cn2ccnn2)c2ccc(Cl)cc2Cl)cc1. The minimum atomic E-state index is -3.98. The molecule has 1 aromatic heterocycles. The van der Waals surface area contributed by atoms with E-state index in [1.165, 1.54) is 16.9 Å². The molecule has 2 heterocycles. The van der Waals surface area contributed by atoms with E-state index in [0.29, 0.717) is 22.4 Å². The number of nitrogens with zero attached hydrogens (tertiary/aromatic N) is 5. The van der Waals surface area contributed by atoms with E-state index in [2.05, 4.69) is 34.0 Å². The summed E-state index contributed by atoms with van der Waals surface area (Å²) in [5.41, 5.74) is 0.593.